The Bertz CT molecular complexity index is 860. The van der Waals surface area contributed by atoms with Gasteiger partial charge < -0.3 is 14.0 Å². The van der Waals surface area contributed by atoms with Gasteiger partial charge in [0.2, 0.25) is 0 Å². The van der Waals surface area contributed by atoms with Crippen molar-refractivity contribution in [1.29, 1.82) is 0 Å². The first-order chi connectivity index (χ1) is 13.4. The molecule has 0 saturated carbocycles. The van der Waals surface area contributed by atoms with Crippen LogP contribution in [-0.2, 0) is 36.9 Å². The van der Waals surface area contributed by atoms with Crippen LogP contribution in [0.1, 0.15) is 27.8 Å². The maximum atomic E-state index is 12.3. The third-order valence-corrected chi connectivity index (χ3v) is 6.21. The fourth-order valence-corrected chi connectivity index (χ4v) is 4.89. The fraction of sp³-hybridized carbons (Fsp3) is 0.318. The van der Waals surface area contributed by atoms with E-state index in [-0.39, 0.29) is 0 Å². The predicted molar refractivity (Wildman–Crippen MR) is 117 cm³/mol. The van der Waals surface area contributed by atoms with Crippen LogP contribution in [-0.4, -0.2) is 31.0 Å². The van der Waals surface area contributed by atoms with Crippen LogP contribution in [0.2, 0.25) is 0 Å². The summed E-state index contributed by atoms with van der Waals surface area (Å²) in [6.07, 6.45) is 3.08. The zero-order valence-corrected chi connectivity index (χ0v) is 18.5. The molecule has 28 heavy (non-hydrogen) atoms. The second-order valence-electron chi connectivity index (χ2n) is 6.49. The average Bonchev–Trinajstić information content (AvgIpc) is 2.66. The third kappa shape index (κ3) is 5.80. The SMILES string of the molecule is COC=C(C(=O)OC)c1cccc(C[S+](C)[O-])c1SCc1cc(C)ccc1C. The highest BCUT2D eigenvalue weighted by Crippen LogP contribution is 2.36. The maximum absolute atomic E-state index is 12.3. The van der Waals surface area contributed by atoms with Crippen molar-refractivity contribution in [1.82, 2.24) is 0 Å². The molecule has 1 unspecified atom stereocenters. The average molecular weight is 419 g/mol. The molecule has 0 bridgehead atoms. The monoisotopic (exact) mass is 418 g/mol. The van der Waals surface area contributed by atoms with Gasteiger partial charge in [-0.15, -0.1) is 11.8 Å². The van der Waals surface area contributed by atoms with Gasteiger partial charge in [0.15, 0.2) is 0 Å². The number of hydrogen-bond acceptors (Lipinski definition) is 5. The standard InChI is InChI=1S/C22H26O4S2/c1-15-9-10-16(2)18(11-15)13-27-21-17(14-28(5)24)7-6-8-19(21)20(12-25-3)22(23)26-4/h6-12H,13-14H2,1-5H3. The molecular formula is C22H26O4S2. The van der Waals surface area contributed by atoms with Crippen molar-refractivity contribution in [2.24, 2.45) is 0 Å². The fourth-order valence-electron chi connectivity index (χ4n) is 2.86. The van der Waals surface area contributed by atoms with Gasteiger partial charge in [-0.1, -0.05) is 53.1 Å². The summed E-state index contributed by atoms with van der Waals surface area (Å²) in [7, 11) is 2.84. The minimum absolute atomic E-state index is 0.345. The van der Waals surface area contributed by atoms with Crippen molar-refractivity contribution in [2.75, 3.05) is 20.5 Å². The summed E-state index contributed by atoms with van der Waals surface area (Å²) < 4.78 is 22.0. The van der Waals surface area contributed by atoms with E-state index in [4.69, 9.17) is 9.47 Å². The van der Waals surface area contributed by atoms with E-state index < -0.39 is 17.1 Å². The first kappa shape index (κ1) is 22.4. The lowest BCUT2D eigenvalue weighted by atomic mass is 10.0. The molecule has 0 aliphatic rings. The zero-order chi connectivity index (χ0) is 20.7. The van der Waals surface area contributed by atoms with Crippen LogP contribution in [0.3, 0.4) is 0 Å². The molecule has 0 amide bonds. The second-order valence-corrected chi connectivity index (χ2v) is 8.91. The first-order valence-electron chi connectivity index (χ1n) is 8.79. The molecule has 0 saturated heterocycles. The van der Waals surface area contributed by atoms with Crippen LogP contribution in [0.25, 0.3) is 5.57 Å². The number of methoxy groups -OCH3 is 2. The van der Waals surface area contributed by atoms with Crippen molar-refractivity contribution in [2.45, 2.75) is 30.2 Å². The molecule has 0 N–H and O–H groups in total. The summed E-state index contributed by atoms with van der Waals surface area (Å²) in [5.74, 6) is 0.699. The summed E-state index contributed by atoms with van der Waals surface area (Å²) in [5, 5.41) is 0. The van der Waals surface area contributed by atoms with E-state index in [9.17, 15) is 9.35 Å². The lowest BCUT2D eigenvalue weighted by Gasteiger charge is -2.17. The van der Waals surface area contributed by atoms with Crippen LogP contribution in [0.5, 0.6) is 0 Å². The molecule has 6 heteroatoms. The molecule has 0 fully saturated rings. The smallest absolute Gasteiger partial charge is 0.341 e. The Hall–Kier alpha value is -1.89. The number of ether oxygens (including phenoxy) is 2. The first-order valence-corrected chi connectivity index (χ1v) is 11.5. The molecule has 1 atom stereocenters. The molecule has 0 aliphatic carbocycles. The van der Waals surface area contributed by atoms with Crippen molar-refractivity contribution >= 4 is 34.5 Å². The zero-order valence-electron chi connectivity index (χ0n) is 16.9. The van der Waals surface area contributed by atoms with Crippen LogP contribution in [0.4, 0.5) is 0 Å². The molecule has 0 aromatic heterocycles. The van der Waals surface area contributed by atoms with Crippen molar-refractivity contribution < 1.29 is 18.8 Å². The van der Waals surface area contributed by atoms with E-state index in [1.165, 1.54) is 37.2 Å². The van der Waals surface area contributed by atoms with Crippen molar-refractivity contribution in [3.8, 4) is 0 Å². The molecule has 2 aromatic rings. The highest BCUT2D eigenvalue weighted by molar-refractivity contribution is 7.98. The van der Waals surface area contributed by atoms with Crippen molar-refractivity contribution in [3.05, 3.63) is 70.5 Å². The van der Waals surface area contributed by atoms with Gasteiger partial charge in [0.05, 0.1) is 26.7 Å². The van der Waals surface area contributed by atoms with Gasteiger partial charge in [-0.3, -0.25) is 0 Å². The maximum Gasteiger partial charge on any atom is 0.341 e. The van der Waals surface area contributed by atoms with E-state index in [1.54, 1.807) is 18.0 Å². The molecule has 0 radical (unpaired) electrons. The Balaban J connectivity index is 2.50. The Kier molecular flexibility index (Phi) is 8.48. The van der Waals surface area contributed by atoms with E-state index in [0.717, 1.165) is 21.8 Å². The highest BCUT2D eigenvalue weighted by atomic mass is 32.2. The van der Waals surface area contributed by atoms with Gasteiger partial charge in [0.25, 0.3) is 0 Å². The molecule has 0 heterocycles. The Morgan fingerprint density at radius 3 is 2.57 bits per heavy atom. The van der Waals surface area contributed by atoms with Crippen LogP contribution < -0.4 is 0 Å². The summed E-state index contributed by atoms with van der Waals surface area (Å²) in [4.78, 5) is 13.2. The number of carbonyl (C=O) groups is 1. The predicted octanol–water partition coefficient (Wildman–Crippen LogP) is 4.63. The van der Waals surface area contributed by atoms with Gasteiger partial charge in [0.1, 0.15) is 11.3 Å². The molecule has 2 rings (SSSR count). The number of thioether (sulfide) groups is 1. The number of benzene rings is 2. The lowest BCUT2D eigenvalue weighted by molar-refractivity contribution is -0.133. The summed E-state index contributed by atoms with van der Waals surface area (Å²) >= 11 is 0.634. The number of hydrogen-bond donors (Lipinski definition) is 0. The van der Waals surface area contributed by atoms with Gasteiger partial charge in [-0.05, 0) is 25.0 Å². The summed E-state index contributed by atoms with van der Waals surface area (Å²) in [5.41, 5.74) is 5.68. The van der Waals surface area contributed by atoms with Gasteiger partial charge >= 0.3 is 5.97 Å². The second kappa shape index (κ2) is 10.6. The van der Waals surface area contributed by atoms with Gasteiger partial charge in [-0.2, -0.15) is 0 Å². The number of aryl methyl sites for hydroxylation is 2. The van der Waals surface area contributed by atoms with E-state index in [0.29, 0.717) is 11.3 Å². The molecular weight excluding hydrogens is 392 g/mol. The topological polar surface area (TPSA) is 58.6 Å². The number of carbonyl (C=O) groups excluding carboxylic acids is 1. The Morgan fingerprint density at radius 2 is 1.93 bits per heavy atom. The largest absolute Gasteiger partial charge is 0.616 e. The summed E-state index contributed by atoms with van der Waals surface area (Å²) in [6.45, 7) is 4.16. The summed E-state index contributed by atoms with van der Waals surface area (Å²) in [6, 6.07) is 12.1. The normalized spacial score (nSPS) is 12.6. The van der Waals surface area contributed by atoms with Gasteiger partial charge in [-0.25, -0.2) is 4.79 Å². The molecule has 150 valence electrons. The molecule has 0 spiro atoms. The Labute approximate surface area is 174 Å². The minimum Gasteiger partial charge on any atom is -0.616 e. The number of esters is 1. The van der Waals surface area contributed by atoms with Crippen LogP contribution in [0.15, 0.2) is 47.6 Å². The van der Waals surface area contributed by atoms with Crippen LogP contribution in [0, 0.1) is 13.8 Å². The van der Waals surface area contributed by atoms with E-state index >= 15 is 0 Å². The van der Waals surface area contributed by atoms with Crippen molar-refractivity contribution in [3.63, 3.8) is 0 Å². The highest BCUT2D eigenvalue weighted by Gasteiger charge is 2.21. The third-order valence-electron chi connectivity index (χ3n) is 4.26. The van der Waals surface area contributed by atoms with Crippen LogP contribution >= 0.6 is 11.8 Å². The molecule has 0 aliphatic heterocycles. The van der Waals surface area contributed by atoms with E-state index in [1.807, 2.05) is 18.2 Å². The lowest BCUT2D eigenvalue weighted by Crippen LogP contribution is -2.08. The van der Waals surface area contributed by atoms with Gasteiger partial charge in [0, 0.05) is 21.8 Å². The Morgan fingerprint density at radius 1 is 1.18 bits per heavy atom. The quantitative estimate of drug-likeness (QED) is 0.206. The molecule has 4 nitrogen and oxygen atoms in total. The number of rotatable bonds is 8. The minimum atomic E-state index is -1.00. The molecule has 2 aromatic carbocycles. The van der Waals surface area contributed by atoms with E-state index in [2.05, 4.69) is 32.0 Å².